The van der Waals surface area contributed by atoms with Crippen molar-refractivity contribution in [1.29, 1.82) is 0 Å². The lowest BCUT2D eigenvalue weighted by atomic mass is 9.82. The Balaban J connectivity index is 1.47. The zero-order valence-corrected chi connectivity index (χ0v) is 23.3. The molecule has 0 unspecified atom stereocenters. The summed E-state index contributed by atoms with van der Waals surface area (Å²) in [6, 6.07) is 8.60. The quantitative estimate of drug-likeness (QED) is 0.491. The first-order chi connectivity index (χ1) is 17.6. The van der Waals surface area contributed by atoms with E-state index in [0.29, 0.717) is 23.2 Å². The van der Waals surface area contributed by atoms with Crippen molar-refractivity contribution in [1.82, 2.24) is 15.2 Å². The maximum absolute atomic E-state index is 13.1. The van der Waals surface area contributed by atoms with Crippen molar-refractivity contribution in [2.24, 2.45) is 17.8 Å². The van der Waals surface area contributed by atoms with Crippen LogP contribution in [0.3, 0.4) is 0 Å². The van der Waals surface area contributed by atoms with Crippen molar-refractivity contribution >= 4 is 15.7 Å². The number of aliphatic hydroxyl groups is 1. The van der Waals surface area contributed by atoms with E-state index in [2.05, 4.69) is 42.0 Å². The van der Waals surface area contributed by atoms with Crippen molar-refractivity contribution in [3.05, 3.63) is 58.9 Å². The van der Waals surface area contributed by atoms with Gasteiger partial charge >= 0.3 is 0 Å². The smallest absolute Gasteiger partial charge is 0.251 e. The summed E-state index contributed by atoms with van der Waals surface area (Å²) in [7, 11) is -3.36. The van der Waals surface area contributed by atoms with Crippen molar-refractivity contribution in [3.63, 3.8) is 0 Å². The van der Waals surface area contributed by atoms with Crippen LogP contribution in [0, 0.1) is 17.8 Å². The molecule has 2 atom stereocenters. The molecule has 0 saturated heterocycles. The van der Waals surface area contributed by atoms with Gasteiger partial charge in [0.2, 0.25) is 0 Å². The minimum Gasteiger partial charge on any atom is -0.394 e. The minimum atomic E-state index is -3.36. The summed E-state index contributed by atoms with van der Waals surface area (Å²) in [6.45, 7) is 10.1. The predicted octanol–water partition coefficient (Wildman–Crippen LogP) is 4.68. The summed E-state index contributed by atoms with van der Waals surface area (Å²) in [6.07, 6.45) is 6.52. The number of hydrogen-bond donors (Lipinski definition) is 2. The molecule has 1 aromatic carbocycles. The number of sulfone groups is 1. The molecule has 0 bridgehead atoms. The fourth-order valence-electron chi connectivity index (χ4n) is 5.89. The summed E-state index contributed by atoms with van der Waals surface area (Å²) >= 11 is 0. The van der Waals surface area contributed by atoms with Gasteiger partial charge in [-0.05, 0) is 66.0 Å². The molecule has 8 heteroatoms. The second kappa shape index (κ2) is 11.6. The third kappa shape index (κ3) is 6.24. The molecule has 2 heterocycles. The van der Waals surface area contributed by atoms with E-state index in [1.165, 1.54) is 49.1 Å². The molecule has 0 radical (unpaired) electrons. The molecule has 1 aliphatic heterocycles. The van der Waals surface area contributed by atoms with Crippen molar-refractivity contribution in [3.8, 4) is 0 Å². The molecule has 1 aliphatic carbocycles. The van der Waals surface area contributed by atoms with Crippen LogP contribution in [0.15, 0.2) is 41.4 Å². The standard InChI is InChI=1S/C29H41N3O4S/c1-5-37(35,36)24-11-13-26(30-15-24)27(18-33)31-29(34)22-10-12-25-23(14-22)17-32(28(25)19(2)3)16-21-8-6-20(4)7-9-21/h10-15,19-21,27-28,33H,5-9,16-18H2,1-4H3,(H,31,34)/t20-,21-,27-,28+/m1/s1. The molecule has 4 rings (SSSR count). The second-order valence-electron chi connectivity index (χ2n) is 11.2. The van der Waals surface area contributed by atoms with E-state index in [9.17, 15) is 18.3 Å². The van der Waals surface area contributed by atoms with Crippen molar-refractivity contribution < 1.29 is 18.3 Å². The number of nitrogens with zero attached hydrogens (tertiary/aromatic N) is 2. The molecular weight excluding hydrogens is 486 g/mol. The van der Waals surface area contributed by atoms with E-state index in [0.717, 1.165) is 24.9 Å². The van der Waals surface area contributed by atoms with Crippen LogP contribution in [-0.2, 0) is 16.4 Å². The van der Waals surface area contributed by atoms with Gasteiger partial charge in [0.1, 0.15) is 0 Å². The van der Waals surface area contributed by atoms with Gasteiger partial charge in [0.25, 0.3) is 5.91 Å². The number of rotatable bonds is 9. The second-order valence-corrected chi connectivity index (χ2v) is 13.5. The first-order valence-corrected chi connectivity index (χ1v) is 15.3. The minimum absolute atomic E-state index is 0.0124. The zero-order chi connectivity index (χ0) is 26.7. The van der Waals surface area contributed by atoms with Gasteiger partial charge in [0.15, 0.2) is 9.84 Å². The van der Waals surface area contributed by atoms with Crippen molar-refractivity contribution in [2.45, 2.75) is 76.9 Å². The lowest BCUT2D eigenvalue weighted by molar-refractivity contribution is 0.0914. The first-order valence-electron chi connectivity index (χ1n) is 13.6. The monoisotopic (exact) mass is 527 g/mol. The number of fused-ring (bicyclic) bond motifs is 1. The molecule has 37 heavy (non-hydrogen) atoms. The Hall–Kier alpha value is -2.29. The number of amides is 1. The van der Waals surface area contributed by atoms with Crippen LogP contribution >= 0.6 is 0 Å². The van der Waals surface area contributed by atoms with E-state index >= 15 is 0 Å². The Morgan fingerprint density at radius 3 is 2.49 bits per heavy atom. The largest absolute Gasteiger partial charge is 0.394 e. The number of nitrogens with one attached hydrogen (secondary N) is 1. The molecular formula is C29H41N3O4S. The zero-order valence-electron chi connectivity index (χ0n) is 22.5. The Morgan fingerprint density at radius 1 is 1.16 bits per heavy atom. The highest BCUT2D eigenvalue weighted by Gasteiger charge is 2.34. The third-order valence-electron chi connectivity index (χ3n) is 8.09. The highest BCUT2D eigenvalue weighted by Crippen LogP contribution is 2.41. The number of benzene rings is 1. The van der Waals surface area contributed by atoms with Gasteiger partial charge in [-0.2, -0.15) is 0 Å². The Labute approximate surface area is 221 Å². The highest BCUT2D eigenvalue weighted by atomic mass is 32.2. The molecule has 2 aromatic rings. The predicted molar refractivity (Wildman–Crippen MR) is 145 cm³/mol. The van der Waals surface area contributed by atoms with Gasteiger partial charge in [-0.1, -0.05) is 46.6 Å². The van der Waals surface area contributed by atoms with Crippen molar-refractivity contribution in [2.75, 3.05) is 18.9 Å². The SMILES string of the molecule is CCS(=O)(=O)c1ccc([C@@H](CO)NC(=O)c2ccc3c(c2)CN(C[C@H]2CC[C@H](C)CC2)[C@H]3C(C)C)nc1. The maximum Gasteiger partial charge on any atom is 0.251 e. The van der Waals surface area contributed by atoms with Gasteiger partial charge in [-0.15, -0.1) is 0 Å². The lowest BCUT2D eigenvalue weighted by Gasteiger charge is -2.34. The van der Waals surface area contributed by atoms with Crippen LogP contribution in [-0.4, -0.2) is 48.2 Å². The maximum atomic E-state index is 13.1. The topological polar surface area (TPSA) is 99.6 Å². The molecule has 2 aliphatic rings. The summed E-state index contributed by atoms with van der Waals surface area (Å²) in [5, 5.41) is 12.8. The molecule has 0 spiro atoms. The van der Waals surface area contributed by atoms with Crippen LogP contribution in [0.2, 0.25) is 0 Å². The third-order valence-corrected chi connectivity index (χ3v) is 9.81. The van der Waals surface area contributed by atoms with Gasteiger partial charge < -0.3 is 10.4 Å². The van der Waals surface area contributed by atoms with Crippen LogP contribution in [0.1, 0.15) is 92.6 Å². The molecule has 202 valence electrons. The van der Waals surface area contributed by atoms with Gasteiger partial charge in [-0.3, -0.25) is 14.7 Å². The van der Waals surface area contributed by atoms with E-state index in [-0.39, 0.29) is 23.2 Å². The average molecular weight is 528 g/mol. The van der Waals surface area contributed by atoms with Crippen LogP contribution in [0.4, 0.5) is 0 Å². The molecule has 1 amide bonds. The van der Waals surface area contributed by atoms with Crippen LogP contribution in [0.25, 0.3) is 0 Å². The number of carbonyl (C=O) groups is 1. The van der Waals surface area contributed by atoms with Crippen LogP contribution in [0.5, 0.6) is 0 Å². The Bertz CT molecular complexity index is 1190. The highest BCUT2D eigenvalue weighted by molar-refractivity contribution is 7.91. The van der Waals surface area contributed by atoms with E-state index in [1.54, 1.807) is 13.0 Å². The summed E-state index contributed by atoms with van der Waals surface area (Å²) in [5.41, 5.74) is 3.48. The Kier molecular flexibility index (Phi) is 8.71. The number of aromatic nitrogens is 1. The Morgan fingerprint density at radius 2 is 1.89 bits per heavy atom. The van der Waals surface area contributed by atoms with Gasteiger partial charge in [0, 0.05) is 30.9 Å². The molecule has 1 saturated carbocycles. The molecule has 1 fully saturated rings. The summed E-state index contributed by atoms with van der Waals surface area (Å²) in [5.74, 6) is 1.77. The van der Waals surface area contributed by atoms with E-state index in [1.807, 2.05) is 12.1 Å². The van der Waals surface area contributed by atoms with E-state index < -0.39 is 15.9 Å². The fraction of sp³-hybridized carbons (Fsp3) is 0.586. The summed E-state index contributed by atoms with van der Waals surface area (Å²) < 4.78 is 24.1. The fourth-order valence-corrected chi connectivity index (χ4v) is 6.71. The number of pyridine rings is 1. The van der Waals surface area contributed by atoms with E-state index in [4.69, 9.17) is 0 Å². The normalized spacial score (nSPS) is 23.1. The average Bonchev–Trinajstić information content (AvgIpc) is 3.25. The molecule has 7 nitrogen and oxygen atoms in total. The van der Waals surface area contributed by atoms with Gasteiger partial charge in [0.05, 0.1) is 29.0 Å². The number of aliphatic hydroxyl groups excluding tert-OH is 1. The molecule has 2 N–H and O–H groups in total. The number of carbonyl (C=O) groups excluding carboxylic acids is 1. The molecule has 1 aromatic heterocycles. The number of hydrogen-bond acceptors (Lipinski definition) is 6. The first kappa shape index (κ1) is 27.7. The lowest BCUT2D eigenvalue weighted by Crippen LogP contribution is -2.32. The summed E-state index contributed by atoms with van der Waals surface area (Å²) in [4.78, 5) is 20.1. The van der Waals surface area contributed by atoms with Gasteiger partial charge in [-0.25, -0.2) is 8.42 Å². The van der Waals surface area contributed by atoms with Crippen LogP contribution < -0.4 is 5.32 Å².